The van der Waals surface area contributed by atoms with Crippen molar-refractivity contribution in [3.63, 3.8) is 0 Å². The number of fused-ring (bicyclic) bond motifs is 1. The Balaban J connectivity index is 1.78. The van der Waals surface area contributed by atoms with Gasteiger partial charge in [-0.1, -0.05) is 18.2 Å². The van der Waals surface area contributed by atoms with Crippen LogP contribution in [0.25, 0.3) is 10.9 Å². The Hall–Kier alpha value is -2.30. The molecule has 1 unspecified atom stereocenters. The number of piperidine rings is 1. The quantitative estimate of drug-likeness (QED) is 0.886. The van der Waals surface area contributed by atoms with E-state index in [0.717, 1.165) is 23.7 Å². The number of H-pyrrole nitrogens is 1. The van der Waals surface area contributed by atoms with Crippen molar-refractivity contribution >= 4 is 22.8 Å². The lowest BCUT2D eigenvalue weighted by molar-refractivity contribution is -0.149. The third-order valence-electron chi connectivity index (χ3n) is 4.15. The number of carbonyl (C=O) groups excluding carboxylic acids is 2. The Morgan fingerprint density at radius 1 is 1.36 bits per heavy atom. The Bertz CT molecular complexity index is 692. The molecule has 5 nitrogen and oxygen atoms in total. The van der Waals surface area contributed by atoms with Gasteiger partial charge >= 0.3 is 5.97 Å². The fourth-order valence-electron chi connectivity index (χ4n) is 3.03. The third-order valence-corrected chi connectivity index (χ3v) is 4.15. The normalized spacial score (nSPS) is 18.4. The zero-order valence-electron chi connectivity index (χ0n) is 12.7. The van der Waals surface area contributed by atoms with Crippen LogP contribution in [0.15, 0.2) is 30.5 Å². The van der Waals surface area contributed by atoms with Crippen molar-refractivity contribution < 1.29 is 14.3 Å². The van der Waals surface area contributed by atoms with Gasteiger partial charge in [-0.3, -0.25) is 9.59 Å². The Kier molecular flexibility index (Phi) is 4.13. The Morgan fingerprint density at radius 2 is 2.18 bits per heavy atom. The van der Waals surface area contributed by atoms with E-state index in [1.165, 1.54) is 0 Å². The minimum atomic E-state index is -0.206. The molecule has 1 saturated heterocycles. The van der Waals surface area contributed by atoms with Crippen LogP contribution < -0.4 is 0 Å². The zero-order chi connectivity index (χ0) is 15.5. The van der Waals surface area contributed by atoms with Crippen LogP contribution in [0, 0.1) is 5.92 Å². The molecule has 2 aromatic rings. The molecule has 1 aromatic carbocycles. The van der Waals surface area contributed by atoms with Crippen molar-refractivity contribution in [2.75, 3.05) is 19.7 Å². The molecule has 5 heteroatoms. The fraction of sp³-hybridized carbons (Fsp3) is 0.412. The van der Waals surface area contributed by atoms with Crippen LogP contribution in [-0.2, 0) is 9.53 Å². The number of aromatic nitrogens is 1. The minimum Gasteiger partial charge on any atom is -0.466 e. The molecule has 1 aliphatic heterocycles. The summed E-state index contributed by atoms with van der Waals surface area (Å²) in [5.74, 6) is -0.423. The van der Waals surface area contributed by atoms with E-state index in [2.05, 4.69) is 4.98 Å². The zero-order valence-corrected chi connectivity index (χ0v) is 12.7. The van der Waals surface area contributed by atoms with Crippen molar-refractivity contribution in [3.8, 4) is 0 Å². The van der Waals surface area contributed by atoms with E-state index in [4.69, 9.17) is 4.74 Å². The number of para-hydroxylation sites is 1. The van der Waals surface area contributed by atoms with Gasteiger partial charge in [0.2, 0.25) is 0 Å². The molecule has 2 heterocycles. The van der Waals surface area contributed by atoms with Gasteiger partial charge in [0.15, 0.2) is 0 Å². The number of nitrogens with one attached hydrogen (secondary N) is 1. The van der Waals surface area contributed by atoms with Crippen LogP contribution in [0.1, 0.15) is 30.1 Å². The molecule has 1 amide bonds. The first-order valence-electron chi connectivity index (χ1n) is 7.72. The molecule has 1 N–H and O–H groups in total. The second kappa shape index (κ2) is 6.22. The van der Waals surface area contributed by atoms with Crippen molar-refractivity contribution in [3.05, 3.63) is 36.0 Å². The molecule has 1 aromatic heterocycles. The van der Waals surface area contributed by atoms with Crippen LogP contribution in [0.3, 0.4) is 0 Å². The van der Waals surface area contributed by atoms with Crippen molar-refractivity contribution in [1.29, 1.82) is 0 Å². The van der Waals surface area contributed by atoms with Crippen LogP contribution >= 0.6 is 0 Å². The van der Waals surface area contributed by atoms with Gasteiger partial charge in [0.1, 0.15) is 0 Å². The lowest BCUT2D eigenvalue weighted by Gasteiger charge is -2.31. The molecule has 0 aliphatic carbocycles. The summed E-state index contributed by atoms with van der Waals surface area (Å²) in [4.78, 5) is 29.5. The summed E-state index contributed by atoms with van der Waals surface area (Å²) in [6.45, 7) is 3.31. The number of hydrogen-bond donors (Lipinski definition) is 1. The van der Waals surface area contributed by atoms with E-state index in [9.17, 15) is 9.59 Å². The molecular weight excluding hydrogens is 280 g/mol. The van der Waals surface area contributed by atoms with E-state index in [1.54, 1.807) is 18.0 Å². The molecule has 1 atom stereocenters. The largest absolute Gasteiger partial charge is 0.466 e. The molecule has 3 rings (SSSR count). The maximum Gasteiger partial charge on any atom is 0.310 e. The van der Waals surface area contributed by atoms with Gasteiger partial charge in [-0.15, -0.1) is 0 Å². The number of amides is 1. The molecule has 0 radical (unpaired) electrons. The summed E-state index contributed by atoms with van der Waals surface area (Å²) < 4.78 is 5.09. The van der Waals surface area contributed by atoms with Gasteiger partial charge in [-0.2, -0.15) is 0 Å². The van der Waals surface area contributed by atoms with Gasteiger partial charge in [0.25, 0.3) is 5.91 Å². The third kappa shape index (κ3) is 2.71. The highest BCUT2D eigenvalue weighted by atomic mass is 16.5. The van der Waals surface area contributed by atoms with E-state index in [-0.39, 0.29) is 17.8 Å². The van der Waals surface area contributed by atoms with E-state index in [0.29, 0.717) is 25.3 Å². The van der Waals surface area contributed by atoms with Crippen molar-refractivity contribution in [2.45, 2.75) is 19.8 Å². The first kappa shape index (κ1) is 14.6. The number of likely N-dealkylation sites (tertiary alicyclic amines) is 1. The summed E-state index contributed by atoms with van der Waals surface area (Å²) in [6.07, 6.45) is 3.37. The molecule has 1 fully saturated rings. The maximum atomic E-state index is 12.8. The summed E-state index contributed by atoms with van der Waals surface area (Å²) in [5, 5.41) is 0.922. The number of aromatic amines is 1. The standard InChI is InChI=1S/C17H20N2O3/c1-2-22-17(21)12-6-5-9-19(11-12)16(20)14-10-18-15-8-4-3-7-13(14)15/h3-4,7-8,10,12,18H,2,5-6,9,11H2,1H3. The molecule has 0 bridgehead atoms. The maximum absolute atomic E-state index is 12.8. The Morgan fingerprint density at radius 3 is 3.00 bits per heavy atom. The van der Waals surface area contributed by atoms with Gasteiger partial charge < -0.3 is 14.6 Å². The average Bonchev–Trinajstić information content (AvgIpc) is 2.98. The first-order chi connectivity index (χ1) is 10.7. The van der Waals surface area contributed by atoms with Crippen LogP contribution in [0.5, 0.6) is 0 Å². The molecular formula is C17H20N2O3. The predicted molar refractivity (Wildman–Crippen MR) is 83.6 cm³/mol. The van der Waals surface area contributed by atoms with Gasteiger partial charge in [-0.05, 0) is 25.8 Å². The summed E-state index contributed by atoms with van der Waals surface area (Å²) in [5.41, 5.74) is 1.62. The fourth-order valence-corrected chi connectivity index (χ4v) is 3.03. The number of hydrogen-bond acceptors (Lipinski definition) is 3. The smallest absolute Gasteiger partial charge is 0.310 e. The van der Waals surface area contributed by atoms with Crippen LogP contribution in [-0.4, -0.2) is 41.5 Å². The predicted octanol–water partition coefficient (Wildman–Crippen LogP) is 2.58. The van der Waals surface area contributed by atoms with Gasteiger partial charge in [0.05, 0.1) is 18.1 Å². The number of carbonyl (C=O) groups is 2. The molecule has 1 aliphatic rings. The van der Waals surface area contributed by atoms with Crippen LogP contribution in [0.4, 0.5) is 0 Å². The number of ether oxygens (including phenoxy) is 1. The number of esters is 1. The van der Waals surface area contributed by atoms with Crippen LogP contribution in [0.2, 0.25) is 0 Å². The number of nitrogens with zero attached hydrogens (tertiary/aromatic N) is 1. The Labute approximate surface area is 129 Å². The monoisotopic (exact) mass is 300 g/mol. The average molecular weight is 300 g/mol. The first-order valence-corrected chi connectivity index (χ1v) is 7.72. The summed E-state index contributed by atoms with van der Waals surface area (Å²) >= 11 is 0. The molecule has 0 spiro atoms. The summed E-state index contributed by atoms with van der Waals surface area (Å²) in [6, 6.07) is 7.74. The minimum absolute atomic E-state index is 0.0218. The highest BCUT2D eigenvalue weighted by Gasteiger charge is 2.30. The highest BCUT2D eigenvalue weighted by Crippen LogP contribution is 2.23. The second-order valence-electron chi connectivity index (χ2n) is 5.59. The van der Waals surface area contributed by atoms with Gasteiger partial charge in [0, 0.05) is 30.2 Å². The molecule has 116 valence electrons. The van der Waals surface area contributed by atoms with Crippen molar-refractivity contribution in [1.82, 2.24) is 9.88 Å². The van der Waals surface area contributed by atoms with Gasteiger partial charge in [-0.25, -0.2) is 0 Å². The lowest BCUT2D eigenvalue weighted by atomic mass is 9.97. The second-order valence-corrected chi connectivity index (χ2v) is 5.59. The topological polar surface area (TPSA) is 62.4 Å². The number of rotatable bonds is 3. The van der Waals surface area contributed by atoms with E-state index < -0.39 is 0 Å². The molecule has 0 saturated carbocycles. The highest BCUT2D eigenvalue weighted by molar-refractivity contribution is 6.06. The van der Waals surface area contributed by atoms with E-state index >= 15 is 0 Å². The van der Waals surface area contributed by atoms with E-state index in [1.807, 2.05) is 24.3 Å². The molecule has 22 heavy (non-hydrogen) atoms. The lowest BCUT2D eigenvalue weighted by Crippen LogP contribution is -2.42. The number of benzene rings is 1. The SMILES string of the molecule is CCOC(=O)C1CCCN(C(=O)c2c[nH]c3ccccc23)C1. The van der Waals surface area contributed by atoms with Crippen molar-refractivity contribution in [2.24, 2.45) is 5.92 Å². The summed E-state index contributed by atoms with van der Waals surface area (Å²) in [7, 11) is 0.